The molecule has 1 heterocycles. The molecule has 0 saturated carbocycles. The van der Waals surface area contributed by atoms with Crippen molar-refractivity contribution in [3.8, 4) is 5.75 Å². The highest BCUT2D eigenvalue weighted by atomic mass is 16.5. The lowest BCUT2D eigenvalue weighted by atomic mass is 9.96. The number of nitrogens with zero attached hydrogens (tertiary/aromatic N) is 2. The molecule has 123 valence electrons. The van der Waals surface area contributed by atoms with Crippen molar-refractivity contribution < 1.29 is 14.3 Å². The van der Waals surface area contributed by atoms with E-state index in [1.54, 1.807) is 40.0 Å². The second-order valence-corrected chi connectivity index (χ2v) is 6.60. The second-order valence-electron chi connectivity index (χ2n) is 6.60. The fraction of sp³-hybridized carbons (Fsp3) is 0.278. The molecule has 1 radical (unpaired) electrons. The summed E-state index contributed by atoms with van der Waals surface area (Å²) < 4.78 is 5.23. The van der Waals surface area contributed by atoms with Crippen molar-refractivity contribution in [3.63, 3.8) is 0 Å². The van der Waals surface area contributed by atoms with Crippen molar-refractivity contribution >= 4 is 34.2 Å². The van der Waals surface area contributed by atoms with Crippen molar-refractivity contribution in [3.05, 3.63) is 35.9 Å². The number of aliphatic imine (C=N–C) groups is 1. The average Bonchev–Trinajstić information content (AvgIpc) is 2.52. The van der Waals surface area contributed by atoms with Crippen molar-refractivity contribution in [1.29, 1.82) is 0 Å². The summed E-state index contributed by atoms with van der Waals surface area (Å²) in [6.07, 6.45) is 0. The van der Waals surface area contributed by atoms with Crippen LogP contribution in [-0.4, -0.2) is 24.9 Å². The Morgan fingerprint density at radius 2 is 1.88 bits per heavy atom. The molecular weight excluding hydrogens is 306 g/mol. The molecule has 6 heteroatoms. The molecule has 2 amide bonds. The van der Waals surface area contributed by atoms with Crippen molar-refractivity contribution in [2.24, 2.45) is 10.4 Å². The lowest BCUT2D eigenvalue weighted by Gasteiger charge is -2.20. The van der Waals surface area contributed by atoms with Gasteiger partial charge in [-0.25, -0.2) is 4.99 Å². The number of hydrogen-bond donors (Lipinski definition) is 1. The van der Waals surface area contributed by atoms with Crippen molar-refractivity contribution in [1.82, 2.24) is 10.6 Å². The number of fused-ring (bicyclic) bond motifs is 3. The van der Waals surface area contributed by atoms with Gasteiger partial charge in [-0.15, -0.1) is 0 Å². The number of benzene rings is 2. The molecule has 1 aliphatic rings. The van der Waals surface area contributed by atoms with Crippen LogP contribution >= 0.6 is 0 Å². The summed E-state index contributed by atoms with van der Waals surface area (Å²) in [6.45, 7) is 5.34. The SMILES string of the molecule is COc1ccc2ccc3c(c2c1)C(=O)[N]C(NC(=O)C(C)(C)C)=N3. The van der Waals surface area contributed by atoms with E-state index in [1.165, 1.54) is 0 Å². The Balaban J connectivity index is 2.06. The van der Waals surface area contributed by atoms with Crippen LogP contribution in [0.25, 0.3) is 10.8 Å². The topological polar surface area (TPSA) is 81.9 Å². The van der Waals surface area contributed by atoms with Crippen molar-refractivity contribution in [2.45, 2.75) is 20.8 Å². The number of hydrogen-bond acceptors (Lipinski definition) is 4. The van der Waals surface area contributed by atoms with Crippen LogP contribution in [-0.2, 0) is 4.79 Å². The molecule has 0 aliphatic carbocycles. The molecule has 0 aromatic heterocycles. The molecule has 2 aromatic rings. The first-order chi connectivity index (χ1) is 11.3. The molecule has 0 spiro atoms. The molecule has 6 nitrogen and oxygen atoms in total. The van der Waals surface area contributed by atoms with Gasteiger partial charge in [-0.3, -0.25) is 14.9 Å². The zero-order chi connectivity index (χ0) is 17.5. The Bertz CT molecular complexity index is 879. The first kappa shape index (κ1) is 16.0. The monoisotopic (exact) mass is 324 g/mol. The van der Waals surface area contributed by atoms with Gasteiger partial charge in [-0.05, 0) is 23.6 Å². The Labute approximate surface area is 139 Å². The summed E-state index contributed by atoms with van der Waals surface area (Å²) >= 11 is 0. The summed E-state index contributed by atoms with van der Waals surface area (Å²) in [5, 5.41) is 8.15. The van der Waals surface area contributed by atoms with Gasteiger partial charge >= 0.3 is 0 Å². The van der Waals surface area contributed by atoms with Gasteiger partial charge in [-0.2, -0.15) is 5.32 Å². The van der Waals surface area contributed by atoms with E-state index < -0.39 is 11.3 Å². The van der Waals surface area contributed by atoms with E-state index in [4.69, 9.17) is 4.74 Å². The summed E-state index contributed by atoms with van der Waals surface area (Å²) in [5.41, 5.74) is 0.304. The van der Waals surface area contributed by atoms with Gasteiger partial charge in [-0.1, -0.05) is 32.9 Å². The van der Waals surface area contributed by atoms with Crippen LogP contribution in [0.2, 0.25) is 0 Å². The number of rotatable bonds is 1. The van der Waals surface area contributed by atoms with E-state index in [0.29, 0.717) is 17.0 Å². The zero-order valence-corrected chi connectivity index (χ0v) is 14.0. The fourth-order valence-electron chi connectivity index (χ4n) is 2.37. The molecule has 0 bridgehead atoms. The Morgan fingerprint density at radius 1 is 1.17 bits per heavy atom. The Kier molecular flexibility index (Phi) is 3.75. The largest absolute Gasteiger partial charge is 0.497 e. The van der Waals surface area contributed by atoms with Gasteiger partial charge in [0.15, 0.2) is 0 Å². The summed E-state index contributed by atoms with van der Waals surface area (Å²) in [6, 6.07) is 9.12. The molecule has 1 aliphatic heterocycles. The highest BCUT2D eigenvalue weighted by Crippen LogP contribution is 2.32. The third-order valence-corrected chi connectivity index (χ3v) is 3.76. The highest BCUT2D eigenvalue weighted by molar-refractivity contribution is 6.20. The normalized spacial score (nSPS) is 13.8. The minimum Gasteiger partial charge on any atom is -0.497 e. The second kappa shape index (κ2) is 5.63. The molecule has 0 saturated heterocycles. The Morgan fingerprint density at radius 3 is 2.54 bits per heavy atom. The molecule has 0 fully saturated rings. The molecule has 1 N–H and O–H groups in total. The maximum absolute atomic E-state index is 12.5. The van der Waals surface area contributed by atoms with Crippen LogP contribution in [0, 0.1) is 5.41 Å². The van der Waals surface area contributed by atoms with Crippen LogP contribution in [0.1, 0.15) is 31.1 Å². The lowest BCUT2D eigenvalue weighted by Crippen LogP contribution is -2.45. The molecule has 3 rings (SSSR count). The number of nitrogens with one attached hydrogen (secondary N) is 1. The molecule has 0 unspecified atom stereocenters. The smallest absolute Gasteiger partial charge is 0.283 e. The minimum absolute atomic E-state index is 0.0228. The molecule has 24 heavy (non-hydrogen) atoms. The van der Waals surface area contributed by atoms with Crippen LogP contribution in [0.5, 0.6) is 5.75 Å². The molecular formula is C18H18N3O3. The average molecular weight is 324 g/mol. The zero-order valence-electron chi connectivity index (χ0n) is 14.0. The maximum atomic E-state index is 12.5. The standard InChI is InChI=1S/C18H18N3O3/c1-18(2,3)16(23)21-17-19-13-8-6-10-5-7-11(24-4)9-12(10)14(13)15(22)20-17/h5-9H,1-4H3,(H,19,21,23). The number of methoxy groups -OCH3 is 1. The number of carbonyl (C=O) groups is 2. The van der Waals surface area contributed by atoms with Gasteiger partial charge in [0.2, 0.25) is 11.9 Å². The number of carbonyl (C=O) groups excluding carboxylic acids is 2. The predicted octanol–water partition coefficient (Wildman–Crippen LogP) is 2.76. The van der Waals surface area contributed by atoms with Crippen LogP contribution in [0.15, 0.2) is 35.3 Å². The van der Waals surface area contributed by atoms with Gasteiger partial charge in [0.1, 0.15) is 5.75 Å². The highest BCUT2D eigenvalue weighted by Gasteiger charge is 2.28. The first-order valence-corrected chi connectivity index (χ1v) is 7.56. The third-order valence-electron chi connectivity index (χ3n) is 3.76. The maximum Gasteiger partial charge on any atom is 0.283 e. The van der Waals surface area contributed by atoms with E-state index in [9.17, 15) is 9.59 Å². The van der Waals surface area contributed by atoms with Gasteiger partial charge < -0.3 is 4.74 Å². The van der Waals surface area contributed by atoms with Gasteiger partial charge in [0.05, 0.1) is 18.4 Å². The van der Waals surface area contributed by atoms with Crippen molar-refractivity contribution in [2.75, 3.05) is 7.11 Å². The first-order valence-electron chi connectivity index (χ1n) is 7.56. The summed E-state index contributed by atoms with van der Waals surface area (Å²) in [4.78, 5) is 28.9. The van der Waals surface area contributed by atoms with E-state index in [1.807, 2.05) is 18.2 Å². The van der Waals surface area contributed by atoms with E-state index >= 15 is 0 Å². The lowest BCUT2D eigenvalue weighted by molar-refractivity contribution is -0.127. The fourth-order valence-corrected chi connectivity index (χ4v) is 2.37. The van der Waals surface area contributed by atoms with E-state index in [-0.39, 0.29) is 11.9 Å². The third kappa shape index (κ3) is 2.82. The van der Waals surface area contributed by atoms with E-state index in [0.717, 1.165) is 10.8 Å². The van der Waals surface area contributed by atoms with Crippen LogP contribution in [0.3, 0.4) is 0 Å². The quantitative estimate of drug-likeness (QED) is 0.875. The number of amides is 2. The summed E-state index contributed by atoms with van der Waals surface area (Å²) in [7, 11) is 1.57. The Hall–Kier alpha value is -2.89. The summed E-state index contributed by atoms with van der Waals surface area (Å²) in [5.74, 6) is 0.000883. The minimum atomic E-state index is -0.599. The van der Waals surface area contributed by atoms with Crippen LogP contribution in [0.4, 0.5) is 5.69 Å². The number of guanidine groups is 1. The predicted molar refractivity (Wildman–Crippen MR) is 91.7 cm³/mol. The van der Waals surface area contributed by atoms with Gasteiger partial charge in [0.25, 0.3) is 5.91 Å². The van der Waals surface area contributed by atoms with Gasteiger partial charge in [0, 0.05) is 10.8 Å². The van der Waals surface area contributed by atoms with Crippen LogP contribution < -0.4 is 15.4 Å². The van der Waals surface area contributed by atoms with E-state index in [2.05, 4.69) is 15.6 Å². The molecule has 2 aromatic carbocycles. The molecule has 0 atom stereocenters. The number of ether oxygens (including phenoxy) is 1.